The summed E-state index contributed by atoms with van der Waals surface area (Å²) < 4.78 is 101. The van der Waals surface area contributed by atoms with Crippen LogP contribution in [0.25, 0.3) is 10.8 Å². The highest BCUT2D eigenvalue weighted by Gasteiger charge is 2.36. The Morgan fingerprint density at radius 2 is 1.57 bits per heavy atom. The van der Waals surface area contributed by atoms with Crippen molar-refractivity contribution in [2.24, 2.45) is 0 Å². The predicted molar refractivity (Wildman–Crippen MR) is 203 cm³/mol. The quantitative estimate of drug-likeness (QED) is 0.0893. The molecule has 1 aliphatic heterocycles. The van der Waals surface area contributed by atoms with E-state index in [4.69, 9.17) is 10.00 Å². The molecule has 4 aromatic carbocycles. The third-order valence-electron chi connectivity index (χ3n) is 9.92. The van der Waals surface area contributed by atoms with Gasteiger partial charge in [-0.15, -0.1) is 0 Å². The standard InChI is InChI=1S/C42H39F7N6O3/c43-37-15-10-29(23-38-33-6-2-3-7-34(33)39(56)52-51-38)22-35(37)40(57)54-19-17-53(18-20-54)16-4-1-5-21-58-32-13-8-28(9-14-32)26-55(27-41(44,45)46)31-12-11-30(25-50)36(24-31)42(47,48)49/h2-3,6-15,22,24H,1,4-5,16-21,23,26-27H2,(H,52,56). The van der Waals surface area contributed by atoms with Crippen LogP contribution in [0.1, 0.15) is 57.6 Å². The fourth-order valence-corrected chi connectivity index (χ4v) is 6.92. The van der Waals surface area contributed by atoms with E-state index in [0.717, 1.165) is 42.8 Å². The van der Waals surface area contributed by atoms with Crippen LogP contribution in [-0.2, 0) is 19.1 Å². The molecule has 1 aromatic heterocycles. The van der Waals surface area contributed by atoms with Gasteiger partial charge in [-0.05, 0) is 85.5 Å². The molecule has 0 aliphatic carbocycles. The Labute approximate surface area is 329 Å². The number of hydrogen-bond acceptors (Lipinski definition) is 7. The fraction of sp³-hybridized carbons (Fsp3) is 0.333. The molecular weight excluding hydrogens is 769 g/mol. The minimum atomic E-state index is -4.91. The van der Waals surface area contributed by atoms with Crippen LogP contribution < -0.4 is 15.2 Å². The number of alkyl halides is 6. The minimum Gasteiger partial charge on any atom is -0.494 e. The van der Waals surface area contributed by atoms with Gasteiger partial charge in [-0.2, -0.15) is 36.7 Å². The van der Waals surface area contributed by atoms with Crippen molar-refractivity contribution >= 4 is 22.4 Å². The summed E-state index contributed by atoms with van der Waals surface area (Å²) in [6, 6.07) is 21.7. The van der Waals surface area contributed by atoms with Crippen LogP contribution in [0.5, 0.6) is 5.75 Å². The first-order valence-corrected chi connectivity index (χ1v) is 18.6. The number of piperazine rings is 1. The van der Waals surface area contributed by atoms with Gasteiger partial charge in [0.1, 0.15) is 18.1 Å². The van der Waals surface area contributed by atoms with Gasteiger partial charge in [0.05, 0.1) is 40.4 Å². The maximum absolute atomic E-state index is 14.9. The molecule has 58 heavy (non-hydrogen) atoms. The number of H-pyrrole nitrogens is 1. The second-order valence-electron chi connectivity index (χ2n) is 14.0. The van der Waals surface area contributed by atoms with Gasteiger partial charge in [0.25, 0.3) is 11.5 Å². The fourth-order valence-electron chi connectivity index (χ4n) is 6.92. The van der Waals surface area contributed by atoms with Crippen LogP contribution in [0.3, 0.4) is 0 Å². The molecule has 0 spiro atoms. The zero-order valence-corrected chi connectivity index (χ0v) is 31.2. The van der Waals surface area contributed by atoms with Gasteiger partial charge in [-0.25, -0.2) is 9.49 Å². The van der Waals surface area contributed by atoms with Crippen molar-refractivity contribution in [3.05, 3.63) is 135 Å². The van der Waals surface area contributed by atoms with Gasteiger partial charge in [0.15, 0.2) is 0 Å². The van der Waals surface area contributed by atoms with Crippen LogP contribution in [-0.4, -0.2) is 78.0 Å². The lowest BCUT2D eigenvalue weighted by Gasteiger charge is -2.35. The summed E-state index contributed by atoms with van der Waals surface area (Å²) >= 11 is 0. The molecule has 16 heteroatoms. The average molecular weight is 809 g/mol. The molecule has 1 aliphatic rings. The van der Waals surface area contributed by atoms with Crippen molar-refractivity contribution in [2.45, 2.75) is 44.6 Å². The molecule has 6 rings (SSSR count). The number of aromatic nitrogens is 2. The average Bonchev–Trinajstić information content (AvgIpc) is 3.20. The highest BCUT2D eigenvalue weighted by atomic mass is 19.4. The van der Waals surface area contributed by atoms with E-state index >= 15 is 0 Å². The number of hydrogen-bond donors (Lipinski definition) is 1. The van der Waals surface area contributed by atoms with Crippen LogP contribution in [0.4, 0.5) is 36.4 Å². The van der Waals surface area contributed by atoms with E-state index in [1.807, 2.05) is 6.07 Å². The van der Waals surface area contributed by atoms with Crippen molar-refractivity contribution in [3.63, 3.8) is 0 Å². The number of nitriles is 1. The van der Waals surface area contributed by atoms with E-state index in [2.05, 4.69) is 15.1 Å². The van der Waals surface area contributed by atoms with Crippen LogP contribution >= 0.6 is 0 Å². The number of benzene rings is 4. The van der Waals surface area contributed by atoms with E-state index in [1.165, 1.54) is 12.1 Å². The molecule has 1 fully saturated rings. The Morgan fingerprint density at radius 3 is 2.26 bits per heavy atom. The van der Waals surface area contributed by atoms with Crippen molar-refractivity contribution in [2.75, 3.05) is 50.8 Å². The summed E-state index contributed by atoms with van der Waals surface area (Å²) in [4.78, 5) is 30.2. The zero-order valence-electron chi connectivity index (χ0n) is 31.2. The van der Waals surface area contributed by atoms with Crippen LogP contribution in [0.2, 0.25) is 0 Å². The summed E-state index contributed by atoms with van der Waals surface area (Å²) in [7, 11) is 0. The highest BCUT2D eigenvalue weighted by Crippen LogP contribution is 2.35. The number of halogens is 7. The highest BCUT2D eigenvalue weighted by molar-refractivity contribution is 5.95. The number of amides is 1. The first-order valence-electron chi connectivity index (χ1n) is 18.6. The molecule has 0 bridgehead atoms. The summed E-state index contributed by atoms with van der Waals surface area (Å²) in [6.07, 6.45) is -6.84. The lowest BCUT2D eigenvalue weighted by Crippen LogP contribution is -2.49. The maximum Gasteiger partial charge on any atom is 0.417 e. The van der Waals surface area contributed by atoms with Crippen molar-refractivity contribution in [1.29, 1.82) is 5.26 Å². The number of fused-ring (bicyclic) bond motifs is 1. The molecular formula is C42H39F7N6O3. The van der Waals surface area contributed by atoms with Gasteiger partial charge >= 0.3 is 12.4 Å². The first-order chi connectivity index (χ1) is 27.7. The molecule has 304 valence electrons. The number of carbonyl (C=O) groups is 1. The number of rotatable bonds is 14. The third-order valence-corrected chi connectivity index (χ3v) is 9.92. The number of nitrogens with zero attached hydrogens (tertiary/aromatic N) is 5. The lowest BCUT2D eigenvalue weighted by molar-refractivity contribution is -0.137. The second kappa shape index (κ2) is 18.1. The second-order valence-corrected chi connectivity index (χ2v) is 14.0. The van der Waals surface area contributed by atoms with Gasteiger partial charge in [-0.3, -0.25) is 14.5 Å². The zero-order chi connectivity index (χ0) is 41.5. The topological polar surface area (TPSA) is 106 Å². The monoisotopic (exact) mass is 808 g/mol. The van der Waals surface area contributed by atoms with Gasteiger partial charge in [0, 0.05) is 50.2 Å². The Kier molecular flexibility index (Phi) is 13.0. The molecule has 1 N–H and O–H groups in total. The molecule has 0 saturated carbocycles. The molecule has 1 saturated heterocycles. The summed E-state index contributed by atoms with van der Waals surface area (Å²) in [5.41, 5.74) is -0.882. The van der Waals surface area contributed by atoms with E-state index in [0.29, 0.717) is 78.6 Å². The molecule has 0 atom stereocenters. The normalized spacial score (nSPS) is 13.7. The number of nitrogens with one attached hydrogen (secondary N) is 1. The molecule has 2 heterocycles. The van der Waals surface area contributed by atoms with E-state index < -0.39 is 35.8 Å². The molecule has 0 radical (unpaired) electrons. The molecule has 0 unspecified atom stereocenters. The number of unbranched alkanes of at least 4 members (excludes halogenated alkanes) is 2. The lowest BCUT2D eigenvalue weighted by atomic mass is 10.0. The number of aromatic amines is 1. The molecule has 1 amide bonds. The number of carbonyl (C=O) groups excluding carboxylic acids is 1. The van der Waals surface area contributed by atoms with Crippen molar-refractivity contribution < 1.29 is 40.3 Å². The number of anilines is 1. The van der Waals surface area contributed by atoms with E-state index in [1.54, 1.807) is 59.5 Å². The van der Waals surface area contributed by atoms with E-state index in [9.17, 15) is 40.3 Å². The summed E-state index contributed by atoms with van der Waals surface area (Å²) in [6.45, 7) is 1.55. The van der Waals surface area contributed by atoms with Crippen molar-refractivity contribution in [1.82, 2.24) is 20.0 Å². The Balaban J connectivity index is 0.928. The minimum absolute atomic E-state index is 0.0104. The first kappa shape index (κ1) is 41.7. The van der Waals surface area contributed by atoms with Gasteiger partial charge in [-0.1, -0.05) is 36.4 Å². The predicted octanol–water partition coefficient (Wildman–Crippen LogP) is 8.12. The smallest absolute Gasteiger partial charge is 0.417 e. The SMILES string of the molecule is N#Cc1ccc(N(Cc2ccc(OCCCCCN3CCN(C(=O)c4cc(Cc5n[nH]c(=O)c6ccccc56)ccc4F)CC3)cc2)CC(F)(F)F)cc1C(F)(F)F. The number of ether oxygens (including phenoxy) is 1. The third kappa shape index (κ3) is 10.7. The van der Waals surface area contributed by atoms with Crippen LogP contribution in [0, 0.1) is 17.1 Å². The summed E-state index contributed by atoms with van der Waals surface area (Å²) in [5.74, 6) is -0.493. The molecule has 5 aromatic rings. The van der Waals surface area contributed by atoms with Gasteiger partial charge < -0.3 is 14.5 Å². The Hall–Kier alpha value is -5.95. The van der Waals surface area contributed by atoms with E-state index in [-0.39, 0.29) is 29.3 Å². The Morgan fingerprint density at radius 1 is 0.862 bits per heavy atom. The largest absolute Gasteiger partial charge is 0.494 e. The summed E-state index contributed by atoms with van der Waals surface area (Å²) in [5, 5.41) is 16.9. The molecule has 9 nitrogen and oxygen atoms in total. The van der Waals surface area contributed by atoms with Crippen LogP contribution in [0.15, 0.2) is 89.7 Å². The maximum atomic E-state index is 14.9. The van der Waals surface area contributed by atoms with Gasteiger partial charge in [0.2, 0.25) is 0 Å². The Bertz CT molecular complexity index is 2310. The van der Waals surface area contributed by atoms with Crippen molar-refractivity contribution in [3.8, 4) is 11.8 Å².